The van der Waals surface area contributed by atoms with Crippen molar-refractivity contribution in [3.63, 3.8) is 0 Å². The number of rotatable bonds is 4. The van der Waals surface area contributed by atoms with Crippen LogP contribution in [-0.4, -0.2) is 42.1 Å². The van der Waals surface area contributed by atoms with Crippen LogP contribution in [-0.2, 0) is 24.2 Å². The van der Waals surface area contributed by atoms with Gasteiger partial charge in [-0.15, -0.1) is 11.3 Å². The number of carbonyl (C=O) groups is 1. The molecule has 2 aliphatic heterocycles. The number of quaternary nitrogens is 1. The van der Waals surface area contributed by atoms with Crippen molar-refractivity contribution in [3.8, 4) is 0 Å². The third-order valence-electron chi connectivity index (χ3n) is 7.18. The molecule has 3 aliphatic rings. The lowest BCUT2D eigenvalue weighted by Crippen LogP contribution is -3.11. The Hall–Kier alpha value is -1.73. The predicted octanol–water partition coefficient (Wildman–Crippen LogP) is 1.70. The van der Waals surface area contributed by atoms with Crippen LogP contribution in [0.1, 0.15) is 55.3 Å². The van der Waals surface area contributed by atoms with Gasteiger partial charge in [0.05, 0.1) is 18.5 Å². The molecule has 0 unspecified atom stereocenters. The number of anilines is 1. The van der Waals surface area contributed by atoms with Crippen molar-refractivity contribution in [3.05, 3.63) is 16.3 Å². The highest BCUT2D eigenvalue weighted by atomic mass is 32.1. The van der Waals surface area contributed by atoms with E-state index in [0.717, 1.165) is 56.5 Å². The predicted molar refractivity (Wildman–Crippen MR) is 116 cm³/mol. The van der Waals surface area contributed by atoms with E-state index in [4.69, 9.17) is 15.7 Å². The van der Waals surface area contributed by atoms with Crippen molar-refractivity contribution in [1.29, 1.82) is 0 Å². The molecule has 0 bridgehead atoms. The van der Waals surface area contributed by atoms with E-state index in [2.05, 4.69) is 11.8 Å². The van der Waals surface area contributed by atoms with Crippen molar-refractivity contribution in [2.75, 3.05) is 31.1 Å². The van der Waals surface area contributed by atoms with E-state index in [1.807, 2.05) is 11.3 Å². The standard InChI is InChI=1S/C22H31N5OS/c1-14-5-9-26(10-6-14)13-18-24-21(27-11-7-15(8-12-27)20(23)28)19-16-3-2-4-17(16)29-22(19)25-18/h14-15H,2-13H2,1H3,(H2,23,28)/p+1. The van der Waals surface area contributed by atoms with Crippen LogP contribution >= 0.6 is 11.3 Å². The third-order valence-corrected chi connectivity index (χ3v) is 8.36. The Kier molecular flexibility index (Phi) is 5.20. The molecule has 0 spiro atoms. The lowest BCUT2D eigenvalue weighted by molar-refractivity contribution is -0.920. The lowest BCUT2D eigenvalue weighted by atomic mass is 9.96. The average Bonchev–Trinajstić information content (AvgIpc) is 3.30. The van der Waals surface area contributed by atoms with Crippen LogP contribution in [0.2, 0.25) is 0 Å². The lowest BCUT2D eigenvalue weighted by Gasteiger charge is -2.32. The number of likely N-dealkylation sites (tertiary alicyclic amines) is 1. The fraction of sp³-hybridized carbons (Fsp3) is 0.682. The van der Waals surface area contributed by atoms with Crippen LogP contribution in [0, 0.1) is 11.8 Å². The molecule has 6 nitrogen and oxygen atoms in total. The first-order valence-electron chi connectivity index (χ1n) is 11.3. The molecule has 0 saturated carbocycles. The number of fused-ring (bicyclic) bond motifs is 3. The van der Waals surface area contributed by atoms with E-state index in [1.165, 1.54) is 59.4 Å². The number of piperidine rings is 2. The smallest absolute Gasteiger partial charge is 0.220 e. The molecule has 2 aromatic heterocycles. The largest absolute Gasteiger partial charge is 0.369 e. The number of aromatic nitrogens is 2. The number of thiophene rings is 1. The minimum atomic E-state index is -0.155. The highest BCUT2D eigenvalue weighted by Gasteiger charge is 2.29. The van der Waals surface area contributed by atoms with Crippen molar-refractivity contribution in [2.45, 2.75) is 58.4 Å². The van der Waals surface area contributed by atoms with E-state index in [9.17, 15) is 4.79 Å². The molecule has 0 atom stereocenters. The fourth-order valence-corrected chi connectivity index (χ4v) is 6.55. The molecular formula is C22H32N5OS+. The number of nitrogens with two attached hydrogens (primary N) is 1. The molecule has 29 heavy (non-hydrogen) atoms. The van der Waals surface area contributed by atoms with Gasteiger partial charge >= 0.3 is 0 Å². The van der Waals surface area contributed by atoms with Crippen LogP contribution in [0.3, 0.4) is 0 Å². The highest BCUT2D eigenvalue weighted by molar-refractivity contribution is 7.19. The van der Waals surface area contributed by atoms with E-state index in [0.29, 0.717) is 0 Å². The molecule has 2 fully saturated rings. The first kappa shape index (κ1) is 19.2. The summed E-state index contributed by atoms with van der Waals surface area (Å²) >= 11 is 1.89. The zero-order chi connectivity index (χ0) is 20.0. The number of amides is 1. The van der Waals surface area contributed by atoms with Crippen LogP contribution in [0.15, 0.2) is 0 Å². The van der Waals surface area contributed by atoms with Crippen LogP contribution in [0.4, 0.5) is 5.82 Å². The van der Waals surface area contributed by atoms with E-state index >= 15 is 0 Å². The maximum absolute atomic E-state index is 11.6. The normalized spacial score (nSPS) is 25.5. The monoisotopic (exact) mass is 414 g/mol. The summed E-state index contributed by atoms with van der Waals surface area (Å²) in [6.07, 6.45) is 7.85. The summed E-state index contributed by atoms with van der Waals surface area (Å²) in [7, 11) is 0. The summed E-state index contributed by atoms with van der Waals surface area (Å²) in [6, 6.07) is 0. The Morgan fingerprint density at radius 1 is 1.17 bits per heavy atom. The molecule has 0 radical (unpaired) electrons. The minimum absolute atomic E-state index is 0.0102. The van der Waals surface area contributed by atoms with E-state index in [1.54, 1.807) is 4.90 Å². The van der Waals surface area contributed by atoms with Crippen molar-refractivity contribution >= 4 is 33.3 Å². The zero-order valence-electron chi connectivity index (χ0n) is 17.4. The number of primary amides is 1. The van der Waals surface area contributed by atoms with Gasteiger partial charge in [-0.05, 0) is 56.4 Å². The first-order valence-corrected chi connectivity index (χ1v) is 12.1. The number of aryl methyl sites for hydroxylation is 2. The van der Waals surface area contributed by atoms with Crippen molar-refractivity contribution in [1.82, 2.24) is 9.97 Å². The Labute approximate surface area is 176 Å². The summed E-state index contributed by atoms with van der Waals surface area (Å²) in [5.41, 5.74) is 7.04. The second-order valence-electron chi connectivity index (χ2n) is 9.27. The Morgan fingerprint density at radius 2 is 1.93 bits per heavy atom. The van der Waals surface area contributed by atoms with Crippen molar-refractivity contribution in [2.24, 2.45) is 17.6 Å². The van der Waals surface area contributed by atoms with Crippen LogP contribution < -0.4 is 15.5 Å². The molecule has 4 heterocycles. The maximum atomic E-state index is 11.6. The van der Waals surface area contributed by atoms with E-state index < -0.39 is 0 Å². The topological polar surface area (TPSA) is 76.6 Å². The zero-order valence-corrected chi connectivity index (χ0v) is 18.2. The molecule has 1 aliphatic carbocycles. The number of hydrogen-bond donors (Lipinski definition) is 2. The second-order valence-corrected chi connectivity index (χ2v) is 10.4. The minimum Gasteiger partial charge on any atom is -0.369 e. The van der Waals surface area contributed by atoms with Gasteiger partial charge in [0, 0.05) is 23.9 Å². The van der Waals surface area contributed by atoms with Gasteiger partial charge in [0.25, 0.3) is 0 Å². The van der Waals surface area contributed by atoms with Gasteiger partial charge in [-0.1, -0.05) is 6.92 Å². The van der Waals surface area contributed by atoms with Gasteiger partial charge in [-0.2, -0.15) is 0 Å². The number of nitrogens with one attached hydrogen (secondary N) is 1. The number of hydrogen-bond acceptors (Lipinski definition) is 5. The summed E-state index contributed by atoms with van der Waals surface area (Å²) in [5, 5.41) is 1.30. The molecule has 156 valence electrons. The molecular weight excluding hydrogens is 382 g/mol. The molecule has 2 saturated heterocycles. The van der Waals surface area contributed by atoms with Crippen LogP contribution in [0.25, 0.3) is 10.2 Å². The summed E-state index contributed by atoms with van der Waals surface area (Å²) < 4.78 is 0. The Morgan fingerprint density at radius 3 is 2.66 bits per heavy atom. The SMILES string of the molecule is CC1CC[NH+](Cc2nc(N3CCC(C(N)=O)CC3)c3c4c(sc3n2)CCC4)CC1. The third kappa shape index (κ3) is 3.75. The molecule has 5 rings (SSSR count). The summed E-state index contributed by atoms with van der Waals surface area (Å²) in [6.45, 7) is 7.46. The van der Waals surface area contributed by atoms with Gasteiger partial charge < -0.3 is 15.5 Å². The van der Waals surface area contributed by atoms with Gasteiger partial charge in [0.15, 0.2) is 5.82 Å². The molecule has 2 aromatic rings. The Balaban J connectivity index is 1.46. The average molecular weight is 415 g/mol. The van der Waals surface area contributed by atoms with Gasteiger partial charge in [0.2, 0.25) is 5.91 Å². The summed E-state index contributed by atoms with van der Waals surface area (Å²) in [4.78, 5) is 28.5. The van der Waals surface area contributed by atoms with Crippen molar-refractivity contribution < 1.29 is 9.69 Å². The quantitative estimate of drug-likeness (QED) is 0.798. The molecule has 0 aromatic carbocycles. The second kappa shape index (κ2) is 7.84. The highest BCUT2D eigenvalue weighted by Crippen LogP contribution is 2.41. The maximum Gasteiger partial charge on any atom is 0.220 e. The fourth-order valence-electron chi connectivity index (χ4n) is 5.27. The molecule has 1 amide bonds. The Bertz CT molecular complexity index is 910. The molecule has 3 N–H and O–H groups in total. The van der Waals surface area contributed by atoms with Gasteiger partial charge in [-0.3, -0.25) is 4.79 Å². The molecule has 7 heteroatoms. The van der Waals surface area contributed by atoms with Crippen LogP contribution in [0.5, 0.6) is 0 Å². The summed E-state index contributed by atoms with van der Waals surface area (Å²) in [5.74, 6) is 2.82. The first-order chi connectivity index (χ1) is 14.1. The van der Waals surface area contributed by atoms with Gasteiger partial charge in [-0.25, -0.2) is 9.97 Å². The number of nitrogens with zero attached hydrogens (tertiary/aromatic N) is 3. The number of carbonyl (C=O) groups excluding carboxylic acids is 1. The van der Waals surface area contributed by atoms with E-state index in [-0.39, 0.29) is 11.8 Å². The van der Waals surface area contributed by atoms with Gasteiger partial charge in [0.1, 0.15) is 17.2 Å².